The summed E-state index contributed by atoms with van der Waals surface area (Å²) in [6.07, 6.45) is 0.695. The van der Waals surface area contributed by atoms with Crippen molar-refractivity contribution < 1.29 is 33.1 Å². The first-order valence-electron chi connectivity index (χ1n) is 9.18. The van der Waals surface area contributed by atoms with Gasteiger partial charge in [-0.3, -0.25) is 4.21 Å². The SMILES string of the molecule is COc1ccccc1OCCNCC(OC(=O)C(=O)O)c1ccc(C)c(S(C)=O)c1. The van der Waals surface area contributed by atoms with Gasteiger partial charge in [-0.25, -0.2) is 9.59 Å². The average Bonchev–Trinajstić information content (AvgIpc) is 2.72. The van der Waals surface area contributed by atoms with Crippen LogP contribution in [0.1, 0.15) is 17.2 Å². The van der Waals surface area contributed by atoms with Crippen LogP contribution in [-0.4, -0.2) is 54.3 Å². The highest BCUT2D eigenvalue weighted by Gasteiger charge is 2.22. The highest BCUT2D eigenvalue weighted by atomic mass is 32.2. The molecular formula is C21H25NO7S. The number of esters is 1. The summed E-state index contributed by atoms with van der Waals surface area (Å²) in [6, 6.07) is 12.4. The Balaban J connectivity index is 2.02. The van der Waals surface area contributed by atoms with Gasteiger partial charge in [0.1, 0.15) is 12.7 Å². The molecule has 2 atom stereocenters. The van der Waals surface area contributed by atoms with Gasteiger partial charge in [0.15, 0.2) is 11.5 Å². The molecule has 2 rings (SSSR count). The van der Waals surface area contributed by atoms with Gasteiger partial charge in [-0.05, 0) is 36.2 Å². The van der Waals surface area contributed by atoms with E-state index in [0.29, 0.717) is 35.1 Å². The summed E-state index contributed by atoms with van der Waals surface area (Å²) in [6.45, 7) is 2.72. The van der Waals surface area contributed by atoms with E-state index in [-0.39, 0.29) is 6.54 Å². The largest absolute Gasteiger partial charge is 0.493 e. The second-order valence-corrected chi connectivity index (χ2v) is 7.73. The van der Waals surface area contributed by atoms with Crippen LogP contribution in [0.3, 0.4) is 0 Å². The zero-order valence-electron chi connectivity index (χ0n) is 17.0. The second kappa shape index (κ2) is 11.3. The minimum Gasteiger partial charge on any atom is -0.493 e. The number of carboxylic acids is 1. The molecule has 0 aliphatic rings. The molecule has 0 saturated heterocycles. The molecule has 0 radical (unpaired) electrons. The third-order valence-corrected chi connectivity index (χ3v) is 5.31. The van der Waals surface area contributed by atoms with Crippen LogP contribution in [0.4, 0.5) is 0 Å². The summed E-state index contributed by atoms with van der Waals surface area (Å²) < 4.78 is 27.9. The van der Waals surface area contributed by atoms with Crippen LogP contribution >= 0.6 is 0 Å². The summed E-state index contributed by atoms with van der Waals surface area (Å²) in [5.41, 5.74) is 1.39. The molecule has 0 fully saturated rings. The maximum atomic E-state index is 11.9. The van der Waals surface area contributed by atoms with Crippen molar-refractivity contribution in [2.75, 3.05) is 33.1 Å². The molecule has 2 N–H and O–H groups in total. The van der Waals surface area contributed by atoms with Crippen molar-refractivity contribution >= 4 is 22.7 Å². The fourth-order valence-corrected chi connectivity index (χ4v) is 3.56. The van der Waals surface area contributed by atoms with Crippen molar-refractivity contribution in [3.05, 3.63) is 53.6 Å². The third-order valence-electron chi connectivity index (χ3n) is 4.25. The lowest BCUT2D eigenvalue weighted by Gasteiger charge is -2.19. The van der Waals surface area contributed by atoms with E-state index in [1.165, 1.54) is 0 Å². The van der Waals surface area contributed by atoms with Gasteiger partial charge in [-0.15, -0.1) is 0 Å². The molecule has 0 amide bonds. The molecule has 0 bridgehead atoms. The Labute approximate surface area is 177 Å². The molecule has 2 aromatic rings. The van der Waals surface area contributed by atoms with Gasteiger partial charge in [0, 0.05) is 24.2 Å². The van der Waals surface area contributed by atoms with E-state index in [4.69, 9.17) is 19.3 Å². The average molecular weight is 435 g/mol. The van der Waals surface area contributed by atoms with E-state index in [1.807, 2.05) is 19.1 Å². The fourth-order valence-electron chi connectivity index (χ4n) is 2.74. The van der Waals surface area contributed by atoms with E-state index in [9.17, 15) is 13.8 Å². The third kappa shape index (κ3) is 6.57. The summed E-state index contributed by atoms with van der Waals surface area (Å²) in [7, 11) is 0.325. The first-order chi connectivity index (χ1) is 14.3. The van der Waals surface area contributed by atoms with Gasteiger partial charge >= 0.3 is 11.9 Å². The zero-order chi connectivity index (χ0) is 22.1. The Hall–Kier alpha value is -2.91. The van der Waals surface area contributed by atoms with Gasteiger partial charge in [0.25, 0.3) is 0 Å². The lowest BCUT2D eigenvalue weighted by atomic mass is 10.1. The molecule has 162 valence electrons. The minimum atomic E-state index is -1.68. The molecule has 0 aromatic heterocycles. The van der Waals surface area contributed by atoms with Crippen LogP contribution in [0.5, 0.6) is 11.5 Å². The van der Waals surface area contributed by atoms with E-state index in [0.717, 1.165) is 5.56 Å². The number of nitrogens with one attached hydrogen (secondary N) is 1. The number of carbonyl (C=O) groups is 2. The normalized spacial score (nSPS) is 12.6. The zero-order valence-corrected chi connectivity index (χ0v) is 17.9. The number of methoxy groups -OCH3 is 1. The molecule has 8 nitrogen and oxygen atoms in total. The van der Waals surface area contributed by atoms with Crippen LogP contribution in [0.2, 0.25) is 0 Å². The van der Waals surface area contributed by atoms with Gasteiger partial charge < -0.3 is 24.6 Å². The number of benzene rings is 2. The number of hydrogen-bond acceptors (Lipinski definition) is 7. The van der Waals surface area contributed by atoms with Crippen LogP contribution < -0.4 is 14.8 Å². The Morgan fingerprint density at radius 2 is 1.87 bits per heavy atom. The number of aliphatic carboxylic acids is 1. The molecule has 0 saturated carbocycles. The molecule has 30 heavy (non-hydrogen) atoms. The predicted molar refractivity (Wildman–Crippen MR) is 111 cm³/mol. The number of hydrogen-bond donors (Lipinski definition) is 2. The van der Waals surface area contributed by atoms with Crippen molar-refractivity contribution in [1.29, 1.82) is 0 Å². The van der Waals surface area contributed by atoms with E-state index in [1.54, 1.807) is 43.7 Å². The first-order valence-corrected chi connectivity index (χ1v) is 10.7. The topological polar surface area (TPSA) is 111 Å². The summed E-state index contributed by atoms with van der Waals surface area (Å²) >= 11 is 0. The molecule has 9 heteroatoms. The maximum Gasteiger partial charge on any atom is 0.417 e. The Morgan fingerprint density at radius 1 is 1.17 bits per heavy atom. The minimum absolute atomic E-state index is 0.160. The van der Waals surface area contributed by atoms with Gasteiger partial charge in [0.2, 0.25) is 0 Å². The number of rotatable bonds is 10. The quantitative estimate of drug-likeness (QED) is 0.332. The van der Waals surface area contributed by atoms with E-state index >= 15 is 0 Å². The lowest BCUT2D eigenvalue weighted by molar-refractivity contribution is -0.167. The molecule has 0 aliphatic heterocycles. The summed E-state index contributed by atoms with van der Waals surface area (Å²) in [5.74, 6) is -1.81. The Morgan fingerprint density at radius 3 is 2.50 bits per heavy atom. The number of aryl methyl sites for hydroxylation is 1. The van der Waals surface area contributed by atoms with Crippen molar-refractivity contribution in [1.82, 2.24) is 5.32 Å². The number of carboxylic acid groups (broad SMARTS) is 1. The van der Waals surface area contributed by atoms with Gasteiger partial charge in [0.05, 0.1) is 17.9 Å². The fraction of sp³-hybridized carbons (Fsp3) is 0.333. The highest BCUT2D eigenvalue weighted by molar-refractivity contribution is 7.84. The molecule has 2 unspecified atom stereocenters. The van der Waals surface area contributed by atoms with Crippen LogP contribution in [-0.2, 0) is 25.1 Å². The van der Waals surface area contributed by atoms with Crippen molar-refractivity contribution in [3.8, 4) is 11.5 Å². The second-order valence-electron chi connectivity index (χ2n) is 6.38. The maximum absolute atomic E-state index is 11.9. The first kappa shape index (κ1) is 23.4. The smallest absolute Gasteiger partial charge is 0.417 e. The van der Waals surface area contributed by atoms with Gasteiger partial charge in [-0.2, -0.15) is 0 Å². The van der Waals surface area contributed by atoms with Crippen molar-refractivity contribution in [2.24, 2.45) is 0 Å². The number of para-hydroxylation sites is 2. The summed E-state index contributed by atoms with van der Waals surface area (Å²) in [5, 5.41) is 12.0. The molecule has 0 aliphatic carbocycles. The Kier molecular flexibility index (Phi) is 8.82. The Bertz CT molecular complexity index is 916. The molecule has 0 heterocycles. The summed E-state index contributed by atoms with van der Waals surface area (Å²) in [4.78, 5) is 23.1. The molecule has 2 aromatic carbocycles. The standard InChI is InChI=1S/C21H25NO7S/c1-14-8-9-15(12-19(14)30(3)26)18(29-21(25)20(23)24)13-22-10-11-28-17-7-5-4-6-16(17)27-2/h4-9,12,18,22H,10-11,13H2,1-3H3,(H,23,24). The van der Waals surface area contributed by atoms with Crippen LogP contribution in [0.15, 0.2) is 47.4 Å². The van der Waals surface area contributed by atoms with E-state index in [2.05, 4.69) is 5.32 Å². The van der Waals surface area contributed by atoms with Crippen LogP contribution in [0, 0.1) is 6.92 Å². The van der Waals surface area contributed by atoms with Crippen molar-refractivity contribution in [2.45, 2.75) is 17.9 Å². The van der Waals surface area contributed by atoms with Crippen LogP contribution in [0.25, 0.3) is 0 Å². The van der Waals surface area contributed by atoms with Gasteiger partial charge in [-0.1, -0.05) is 24.3 Å². The highest BCUT2D eigenvalue weighted by Crippen LogP contribution is 2.25. The predicted octanol–water partition coefficient (Wildman–Crippen LogP) is 2.08. The van der Waals surface area contributed by atoms with E-state index < -0.39 is 28.8 Å². The number of carbonyl (C=O) groups excluding carboxylic acids is 1. The number of ether oxygens (including phenoxy) is 3. The lowest BCUT2D eigenvalue weighted by Crippen LogP contribution is -2.30. The monoisotopic (exact) mass is 435 g/mol. The van der Waals surface area contributed by atoms with Crippen molar-refractivity contribution in [3.63, 3.8) is 0 Å². The molecule has 0 spiro atoms. The molecular weight excluding hydrogens is 410 g/mol.